The van der Waals surface area contributed by atoms with E-state index in [4.69, 9.17) is 9.47 Å². The third kappa shape index (κ3) is 5.77. The van der Waals surface area contributed by atoms with Gasteiger partial charge in [-0.25, -0.2) is 0 Å². The quantitative estimate of drug-likeness (QED) is 0.799. The molecule has 0 saturated heterocycles. The lowest BCUT2D eigenvalue weighted by Crippen LogP contribution is -2.35. The predicted molar refractivity (Wildman–Crippen MR) is 102 cm³/mol. The predicted octanol–water partition coefficient (Wildman–Crippen LogP) is 3.16. The highest BCUT2D eigenvalue weighted by Gasteiger charge is 2.14. The largest absolute Gasteiger partial charge is 0.497 e. The number of methoxy groups -OCH3 is 1. The molecule has 0 aliphatic heterocycles. The molecule has 0 saturated carbocycles. The summed E-state index contributed by atoms with van der Waals surface area (Å²) >= 11 is 0. The molecular formula is C21H27NO4. The van der Waals surface area contributed by atoms with Crippen molar-refractivity contribution in [1.29, 1.82) is 0 Å². The number of benzene rings is 2. The Kier molecular flexibility index (Phi) is 6.64. The molecule has 2 N–H and O–H groups in total. The van der Waals surface area contributed by atoms with Crippen LogP contribution in [0.4, 0.5) is 0 Å². The lowest BCUT2D eigenvalue weighted by Gasteiger charge is -2.19. The monoisotopic (exact) mass is 357 g/mol. The van der Waals surface area contributed by atoms with Crippen molar-refractivity contribution in [2.45, 2.75) is 32.3 Å². The molecule has 2 aromatic carbocycles. The van der Waals surface area contributed by atoms with Crippen LogP contribution in [0.3, 0.4) is 0 Å². The lowest BCUT2D eigenvalue weighted by atomic mass is 9.87. The Labute approximate surface area is 155 Å². The van der Waals surface area contributed by atoms with Crippen LogP contribution in [0.25, 0.3) is 0 Å². The summed E-state index contributed by atoms with van der Waals surface area (Å²) in [5.41, 5.74) is 1.82. The molecule has 2 rings (SSSR count). The Balaban J connectivity index is 1.77. The van der Waals surface area contributed by atoms with Crippen LogP contribution < -0.4 is 14.8 Å². The molecule has 0 spiro atoms. The fourth-order valence-electron chi connectivity index (χ4n) is 2.36. The highest BCUT2D eigenvalue weighted by atomic mass is 16.5. The van der Waals surface area contributed by atoms with Crippen LogP contribution in [0.5, 0.6) is 11.5 Å². The SMILES string of the molecule is COc1ccc(C(=O)NCC(O)COc2ccc(C(C)(C)C)cc2)cc1. The van der Waals surface area contributed by atoms with Gasteiger partial charge in [0.15, 0.2) is 0 Å². The molecule has 0 aromatic heterocycles. The van der Waals surface area contributed by atoms with E-state index >= 15 is 0 Å². The average molecular weight is 357 g/mol. The number of carbonyl (C=O) groups excluding carboxylic acids is 1. The highest BCUT2D eigenvalue weighted by molar-refractivity contribution is 5.94. The lowest BCUT2D eigenvalue weighted by molar-refractivity contribution is 0.0843. The van der Waals surface area contributed by atoms with Crippen molar-refractivity contribution >= 4 is 5.91 Å². The fourth-order valence-corrected chi connectivity index (χ4v) is 2.36. The van der Waals surface area contributed by atoms with E-state index in [1.54, 1.807) is 31.4 Å². The number of hydrogen-bond acceptors (Lipinski definition) is 4. The van der Waals surface area contributed by atoms with Crippen LogP contribution >= 0.6 is 0 Å². The second-order valence-corrected chi connectivity index (χ2v) is 7.18. The first kappa shape index (κ1) is 19.8. The molecule has 0 radical (unpaired) electrons. The summed E-state index contributed by atoms with van der Waals surface area (Å²) in [6, 6.07) is 14.6. The van der Waals surface area contributed by atoms with E-state index in [1.165, 1.54) is 5.56 Å². The van der Waals surface area contributed by atoms with Crippen LogP contribution in [0.1, 0.15) is 36.7 Å². The van der Waals surface area contributed by atoms with Crippen molar-refractivity contribution in [2.24, 2.45) is 0 Å². The van der Waals surface area contributed by atoms with Gasteiger partial charge >= 0.3 is 0 Å². The summed E-state index contributed by atoms with van der Waals surface area (Å²) in [7, 11) is 1.57. The Morgan fingerprint density at radius 3 is 2.15 bits per heavy atom. The number of rotatable bonds is 7. The van der Waals surface area contributed by atoms with Crippen molar-refractivity contribution in [2.75, 3.05) is 20.3 Å². The summed E-state index contributed by atoms with van der Waals surface area (Å²) in [6.07, 6.45) is -0.792. The molecule has 0 heterocycles. The van der Waals surface area contributed by atoms with Gasteiger partial charge in [0.2, 0.25) is 0 Å². The Hall–Kier alpha value is -2.53. The molecule has 1 unspecified atom stereocenters. The van der Waals surface area contributed by atoms with Crippen LogP contribution in [0.2, 0.25) is 0 Å². The van der Waals surface area contributed by atoms with Crippen LogP contribution in [0, 0.1) is 0 Å². The number of nitrogens with one attached hydrogen (secondary N) is 1. The Morgan fingerprint density at radius 1 is 1.04 bits per heavy atom. The van der Waals surface area contributed by atoms with Gasteiger partial charge in [-0.05, 0) is 47.4 Å². The summed E-state index contributed by atoms with van der Waals surface area (Å²) in [6.45, 7) is 6.68. The van der Waals surface area contributed by atoms with E-state index in [0.717, 1.165) is 0 Å². The van der Waals surface area contributed by atoms with Crippen molar-refractivity contribution in [3.8, 4) is 11.5 Å². The molecule has 1 amide bonds. The number of carbonyl (C=O) groups is 1. The second kappa shape index (κ2) is 8.72. The number of aliphatic hydroxyl groups is 1. The summed E-state index contributed by atoms with van der Waals surface area (Å²) in [4.78, 5) is 12.1. The van der Waals surface area contributed by atoms with Gasteiger partial charge < -0.3 is 19.9 Å². The summed E-state index contributed by atoms with van der Waals surface area (Å²) in [5, 5.41) is 12.7. The zero-order valence-electron chi connectivity index (χ0n) is 15.8. The van der Waals surface area contributed by atoms with Gasteiger partial charge in [0, 0.05) is 12.1 Å². The molecule has 0 aliphatic rings. The van der Waals surface area contributed by atoms with Crippen molar-refractivity contribution in [1.82, 2.24) is 5.32 Å². The molecule has 2 aromatic rings. The first-order chi connectivity index (χ1) is 12.3. The Morgan fingerprint density at radius 2 is 1.62 bits per heavy atom. The summed E-state index contributed by atoms with van der Waals surface area (Å²) in [5.74, 6) is 1.13. The van der Waals surface area contributed by atoms with E-state index in [2.05, 4.69) is 26.1 Å². The number of hydrogen-bond donors (Lipinski definition) is 2. The minimum absolute atomic E-state index is 0.0871. The molecule has 0 fully saturated rings. The fraction of sp³-hybridized carbons (Fsp3) is 0.381. The second-order valence-electron chi connectivity index (χ2n) is 7.18. The van der Waals surface area contributed by atoms with E-state index in [0.29, 0.717) is 17.1 Å². The standard InChI is InChI=1S/C21H27NO4/c1-21(2,3)16-7-11-19(12-8-16)26-14-17(23)13-22-20(24)15-5-9-18(25-4)10-6-15/h5-12,17,23H,13-14H2,1-4H3,(H,22,24). The average Bonchev–Trinajstić information content (AvgIpc) is 2.64. The van der Waals surface area contributed by atoms with Crippen molar-refractivity contribution in [3.63, 3.8) is 0 Å². The first-order valence-electron chi connectivity index (χ1n) is 8.63. The Bertz CT molecular complexity index is 702. The minimum Gasteiger partial charge on any atom is -0.497 e. The van der Waals surface area contributed by atoms with Gasteiger partial charge in [-0.1, -0.05) is 32.9 Å². The maximum absolute atomic E-state index is 12.1. The van der Waals surface area contributed by atoms with E-state index in [1.807, 2.05) is 24.3 Å². The smallest absolute Gasteiger partial charge is 0.251 e. The van der Waals surface area contributed by atoms with Gasteiger partial charge in [0.1, 0.15) is 24.2 Å². The molecule has 5 heteroatoms. The minimum atomic E-state index is -0.792. The van der Waals surface area contributed by atoms with Crippen LogP contribution in [-0.2, 0) is 5.41 Å². The summed E-state index contributed by atoms with van der Waals surface area (Å²) < 4.78 is 10.6. The molecular weight excluding hydrogens is 330 g/mol. The normalized spacial score (nSPS) is 12.3. The molecule has 26 heavy (non-hydrogen) atoms. The zero-order chi connectivity index (χ0) is 19.2. The molecule has 140 valence electrons. The molecule has 0 bridgehead atoms. The van der Waals surface area contributed by atoms with Gasteiger partial charge in [0.25, 0.3) is 5.91 Å². The topological polar surface area (TPSA) is 67.8 Å². The van der Waals surface area contributed by atoms with Gasteiger partial charge in [-0.15, -0.1) is 0 Å². The van der Waals surface area contributed by atoms with Gasteiger partial charge in [0.05, 0.1) is 7.11 Å². The molecule has 1 atom stereocenters. The first-order valence-corrected chi connectivity index (χ1v) is 8.63. The molecule has 0 aliphatic carbocycles. The number of aliphatic hydroxyl groups excluding tert-OH is 1. The van der Waals surface area contributed by atoms with Crippen molar-refractivity contribution < 1.29 is 19.4 Å². The third-order valence-corrected chi connectivity index (χ3v) is 4.01. The van der Waals surface area contributed by atoms with E-state index < -0.39 is 6.10 Å². The van der Waals surface area contributed by atoms with Gasteiger partial charge in [-0.2, -0.15) is 0 Å². The third-order valence-electron chi connectivity index (χ3n) is 4.01. The van der Waals surface area contributed by atoms with E-state index in [-0.39, 0.29) is 24.5 Å². The maximum Gasteiger partial charge on any atom is 0.251 e. The van der Waals surface area contributed by atoms with E-state index in [9.17, 15) is 9.90 Å². The molecule has 5 nitrogen and oxygen atoms in total. The number of ether oxygens (including phenoxy) is 2. The highest BCUT2D eigenvalue weighted by Crippen LogP contribution is 2.24. The van der Waals surface area contributed by atoms with Gasteiger partial charge in [-0.3, -0.25) is 4.79 Å². The van der Waals surface area contributed by atoms with Crippen LogP contribution in [0.15, 0.2) is 48.5 Å². The maximum atomic E-state index is 12.1. The van der Waals surface area contributed by atoms with Crippen LogP contribution in [-0.4, -0.2) is 37.4 Å². The zero-order valence-corrected chi connectivity index (χ0v) is 15.8. The number of amides is 1. The van der Waals surface area contributed by atoms with Crippen molar-refractivity contribution in [3.05, 3.63) is 59.7 Å².